The number of aliphatic hydroxyl groups is 1. The number of benzene rings is 1. The molecule has 0 saturated heterocycles. The summed E-state index contributed by atoms with van der Waals surface area (Å²) in [7, 11) is 1.65. The average Bonchev–Trinajstić information content (AvgIpc) is 2.15. The van der Waals surface area contributed by atoms with Gasteiger partial charge >= 0.3 is 0 Å². The van der Waals surface area contributed by atoms with Crippen molar-refractivity contribution < 1.29 is 9.84 Å². The van der Waals surface area contributed by atoms with Crippen molar-refractivity contribution in [1.82, 2.24) is 0 Å². The van der Waals surface area contributed by atoms with Crippen LogP contribution in [0.25, 0.3) is 0 Å². The van der Waals surface area contributed by atoms with E-state index >= 15 is 0 Å². The first-order valence-corrected chi connectivity index (χ1v) is 5.06. The molecular weight excluding hydrogens is 190 g/mol. The van der Waals surface area contributed by atoms with E-state index < -0.39 is 6.10 Å². The molecule has 0 heterocycles. The Morgan fingerprint density at radius 1 is 1.27 bits per heavy atom. The molecular formula is C12H19NO2. The lowest BCUT2D eigenvalue weighted by Gasteiger charge is -2.18. The fourth-order valence-corrected chi connectivity index (χ4v) is 1.78. The lowest BCUT2D eigenvalue weighted by molar-refractivity contribution is 0.153. The minimum absolute atomic E-state index is 0.266. The standard InChI is InChI=1S/C12H19NO2/c1-7-5-10(11(14)9(3)13)6-8(2)12(7)15-4/h5-6,9,11,14H,13H2,1-4H3. The highest BCUT2D eigenvalue weighted by Gasteiger charge is 2.15. The van der Waals surface area contributed by atoms with Gasteiger partial charge in [-0.2, -0.15) is 0 Å². The van der Waals surface area contributed by atoms with Gasteiger partial charge in [-0.25, -0.2) is 0 Å². The Morgan fingerprint density at radius 2 is 1.73 bits per heavy atom. The largest absolute Gasteiger partial charge is 0.496 e. The Hall–Kier alpha value is -1.06. The van der Waals surface area contributed by atoms with E-state index in [9.17, 15) is 5.11 Å². The third kappa shape index (κ3) is 2.49. The first kappa shape index (κ1) is 12.0. The van der Waals surface area contributed by atoms with Crippen LogP contribution in [0.1, 0.15) is 29.7 Å². The molecule has 0 bridgehead atoms. The molecule has 84 valence electrons. The van der Waals surface area contributed by atoms with E-state index in [1.165, 1.54) is 0 Å². The maximum Gasteiger partial charge on any atom is 0.124 e. The second kappa shape index (κ2) is 4.64. The summed E-state index contributed by atoms with van der Waals surface area (Å²) in [5.74, 6) is 0.871. The van der Waals surface area contributed by atoms with Crippen molar-refractivity contribution in [3.63, 3.8) is 0 Å². The molecule has 1 rings (SSSR count). The Kier molecular flexibility index (Phi) is 3.72. The molecule has 1 aromatic rings. The molecule has 0 spiro atoms. The van der Waals surface area contributed by atoms with Crippen molar-refractivity contribution in [2.24, 2.45) is 5.73 Å². The summed E-state index contributed by atoms with van der Waals surface area (Å²) in [6.45, 7) is 5.71. The predicted octanol–water partition coefficient (Wildman–Crippen LogP) is 1.69. The zero-order valence-electron chi connectivity index (χ0n) is 9.74. The van der Waals surface area contributed by atoms with E-state index in [4.69, 9.17) is 10.5 Å². The quantitative estimate of drug-likeness (QED) is 0.796. The summed E-state index contributed by atoms with van der Waals surface area (Å²) in [6, 6.07) is 3.57. The molecule has 2 unspecified atom stereocenters. The normalized spacial score (nSPS) is 14.8. The van der Waals surface area contributed by atoms with E-state index in [2.05, 4.69) is 0 Å². The molecule has 0 amide bonds. The molecule has 0 aliphatic rings. The summed E-state index contributed by atoms with van der Waals surface area (Å²) < 4.78 is 5.26. The first-order chi connectivity index (χ1) is 6.97. The van der Waals surface area contributed by atoms with Crippen molar-refractivity contribution in [2.45, 2.75) is 32.9 Å². The zero-order chi connectivity index (χ0) is 11.6. The van der Waals surface area contributed by atoms with Gasteiger partial charge in [0.25, 0.3) is 0 Å². The molecule has 0 aromatic heterocycles. The average molecular weight is 209 g/mol. The van der Waals surface area contributed by atoms with Gasteiger partial charge in [0.1, 0.15) is 5.75 Å². The summed E-state index contributed by atoms with van der Waals surface area (Å²) in [6.07, 6.45) is -0.617. The van der Waals surface area contributed by atoms with Crippen LogP contribution in [0, 0.1) is 13.8 Å². The van der Waals surface area contributed by atoms with Crippen LogP contribution < -0.4 is 10.5 Å². The lowest BCUT2D eigenvalue weighted by atomic mass is 9.98. The van der Waals surface area contributed by atoms with E-state index in [0.717, 1.165) is 22.4 Å². The second-order valence-corrected chi connectivity index (χ2v) is 3.99. The summed E-state index contributed by atoms with van der Waals surface area (Å²) in [5, 5.41) is 9.84. The Balaban J connectivity index is 3.14. The topological polar surface area (TPSA) is 55.5 Å². The molecule has 0 aliphatic heterocycles. The van der Waals surface area contributed by atoms with E-state index in [1.807, 2.05) is 26.0 Å². The minimum Gasteiger partial charge on any atom is -0.496 e. The number of ether oxygens (including phenoxy) is 1. The lowest BCUT2D eigenvalue weighted by Crippen LogP contribution is -2.24. The van der Waals surface area contributed by atoms with Gasteiger partial charge in [0.2, 0.25) is 0 Å². The second-order valence-electron chi connectivity index (χ2n) is 3.99. The molecule has 2 atom stereocenters. The fourth-order valence-electron chi connectivity index (χ4n) is 1.78. The Labute approximate surface area is 90.9 Å². The van der Waals surface area contributed by atoms with Gasteiger partial charge in [0.15, 0.2) is 0 Å². The molecule has 3 nitrogen and oxygen atoms in total. The van der Waals surface area contributed by atoms with Crippen LogP contribution in [0.4, 0.5) is 0 Å². The van der Waals surface area contributed by atoms with E-state index in [-0.39, 0.29) is 6.04 Å². The van der Waals surface area contributed by atoms with Crippen molar-refractivity contribution >= 4 is 0 Å². The monoisotopic (exact) mass is 209 g/mol. The van der Waals surface area contributed by atoms with Crippen LogP contribution in [0.2, 0.25) is 0 Å². The van der Waals surface area contributed by atoms with Crippen LogP contribution in [0.5, 0.6) is 5.75 Å². The van der Waals surface area contributed by atoms with Crippen molar-refractivity contribution in [3.05, 3.63) is 28.8 Å². The number of rotatable bonds is 3. The molecule has 3 N–H and O–H groups in total. The maximum atomic E-state index is 9.84. The van der Waals surface area contributed by atoms with Crippen molar-refractivity contribution in [3.8, 4) is 5.75 Å². The Bertz CT molecular complexity index is 324. The van der Waals surface area contributed by atoms with Gasteiger partial charge in [-0.15, -0.1) is 0 Å². The predicted molar refractivity (Wildman–Crippen MR) is 61.1 cm³/mol. The number of hydrogen-bond donors (Lipinski definition) is 2. The van der Waals surface area contributed by atoms with E-state index in [0.29, 0.717) is 0 Å². The summed E-state index contributed by atoms with van der Waals surface area (Å²) in [4.78, 5) is 0. The van der Waals surface area contributed by atoms with Gasteiger partial charge in [0, 0.05) is 6.04 Å². The first-order valence-electron chi connectivity index (χ1n) is 5.06. The number of hydrogen-bond acceptors (Lipinski definition) is 3. The number of methoxy groups -OCH3 is 1. The number of aliphatic hydroxyl groups excluding tert-OH is 1. The highest BCUT2D eigenvalue weighted by Crippen LogP contribution is 2.27. The summed E-state index contributed by atoms with van der Waals surface area (Å²) in [5.41, 5.74) is 8.55. The van der Waals surface area contributed by atoms with Crippen LogP contribution in [-0.2, 0) is 0 Å². The van der Waals surface area contributed by atoms with Gasteiger partial charge in [-0.1, -0.05) is 0 Å². The van der Waals surface area contributed by atoms with Gasteiger partial charge < -0.3 is 15.6 Å². The number of aryl methyl sites for hydroxylation is 2. The number of nitrogens with two attached hydrogens (primary N) is 1. The van der Waals surface area contributed by atoms with Crippen LogP contribution in [-0.4, -0.2) is 18.3 Å². The molecule has 0 radical (unpaired) electrons. The third-order valence-corrected chi connectivity index (χ3v) is 2.53. The maximum absolute atomic E-state index is 9.84. The minimum atomic E-state index is -0.617. The fraction of sp³-hybridized carbons (Fsp3) is 0.500. The smallest absolute Gasteiger partial charge is 0.124 e. The molecule has 1 aromatic carbocycles. The highest BCUT2D eigenvalue weighted by molar-refractivity contribution is 5.44. The molecule has 15 heavy (non-hydrogen) atoms. The third-order valence-electron chi connectivity index (χ3n) is 2.53. The van der Waals surface area contributed by atoms with Crippen LogP contribution in [0.3, 0.4) is 0 Å². The Morgan fingerprint density at radius 3 is 2.07 bits per heavy atom. The molecule has 0 saturated carbocycles. The van der Waals surface area contributed by atoms with Gasteiger partial charge in [-0.3, -0.25) is 0 Å². The van der Waals surface area contributed by atoms with Crippen LogP contribution in [0.15, 0.2) is 12.1 Å². The SMILES string of the molecule is COc1c(C)cc(C(O)C(C)N)cc1C. The van der Waals surface area contributed by atoms with Crippen molar-refractivity contribution in [1.29, 1.82) is 0 Å². The molecule has 0 fully saturated rings. The van der Waals surface area contributed by atoms with Crippen LogP contribution >= 0.6 is 0 Å². The summed E-state index contributed by atoms with van der Waals surface area (Å²) >= 11 is 0. The van der Waals surface area contributed by atoms with E-state index in [1.54, 1.807) is 14.0 Å². The van der Waals surface area contributed by atoms with Gasteiger partial charge in [-0.05, 0) is 49.6 Å². The highest BCUT2D eigenvalue weighted by atomic mass is 16.5. The molecule has 3 heteroatoms. The van der Waals surface area contributed by atoms with Gasteiger partial charge in [0.05, 0.1) is 13.2 Å². The molecule has 0 aliphatic carbocycles. The van der Waals surface area contributed by atoms with Crippen molar-refractivity contribution in [2.75, 3.05) is 7.11 Å². The zero-order valence-corrected chi connectivity index (χ0v) is 9.74.